The van der Waals surface area contributed by atoms with E-state index < -0.39 is 0 Å². The molecule has 0 heterocycles. The van der Waals surface area contributed by atoms with Crippen LogP contribution >= 0.6 is 0 Å². The molecule has 108 valence electrons. The maximum absolute atomic E-state index is 11.9. The fourth-order valence-electron chi connectivity index (χ4n) is 2.92. The third kappa shape index (κ3) is 4.20. The molecular formula is C16H26O3. The Morgan fingerprint density at radius 1 is 1.63 bits per heavy atom. The number of hydrogen-bond donors (Lipinski definition) is 1. The molecule has 0 fully saturated rings. The Labute approximate surface area is 116 Å². The maximum atomic E-state index is 11.9. The number of ether oxygens (including phenoxy) is 1. The van der Waals surface area contributed by atoms with Crippen LogP contribution in [0.1, 0.15) is 45.4 Å². The highest BCUT2D eigenvalue weighted by Crippen LogP contribution is 2.44. The summed E-state index contributed by atoms with van der Waals surface area (Å²) in [7, 11) is 1.43. The van der Waals surface area contributed by atoms with Gasteiger partial charge >= 0.3 is 5.97 Å². The molecule has 1 rings (SSSR count). The molecule has 2 atom stereocenters. The van der Waals surface area contributed by atoms with Gasteiger partial charge in [-0.2, -0.15) is 0 Å². The first-order valence-corrected chi connectivity index (χ1v) is 7.11. The molecule has 1 N–H and O–H groups in total. The van der Waals surface area contributed by atoms with E-state index in [1.165, 1.54) is 7.11 Å². The second-order valence-corrected chi connectivity index (χ2v) is 5.55. The van der Waals surface area contributed by atoms with Gasteiger partial charge in [0, 0.05) is 12.2 Å². The summed E-state index contributed by atoms with van der Waals surface area (Å²) in [5.41, 5.74) is 0.822. The number of carbonyl (C=O) groups excluding carboxylic acids is 1. The number of aliphatic hydroxyl groups is 1. The van der Waals surface area contributed by atoms with Crippen LogP contribution in [0.15, 0.2) is 24.3 Å². The predicted molar refractivity (Wildman–Crippen MR) is 76.7 cm³/mol. The molecule has 0 bridgehead atoms. The number of allylic oxidation sites excluding steroid dienone is 2. The Morgan fingerprint density at radius 2 is 2.37 bits per heavy atom. The highest BCUT2D eigenvalue weighted by atomic mass is 16.5. The minimum absolute atomic E-state index is 0.0208. The lowest BCUT2D eigenvalue weighted by Crippen LogP contribution is -2.28. The summed E-state index contributed by atoms with van der Waals surface area (Å²) in [4.78, 5) is 11.9. The number of hydrogen-bond acceptors (Lipinski definition) is 3. The van der Waals surface area contributed by atoms with Crippen molar-refractivity contribution in [3.05, 3.63) is 24.3 Å². The summed E-state index contributed by atoms with van der Waals surface area (Å²) in [5, 5.41) is 9.08. The van der Waals surface area contributed by atoms with E-state index in [2.05, 4.69) is 19.6 Å². The van der Waals surface area contributed by atoms with Crippen LogP contribution in [0, 0.1) is 11.3 Å². The number of aliphatic hydroxyl groups excluding tert-OH is 1. The van der Waals surface area contributed by atoms with Gasteiger partial charge in [0.25, 0.3) is 0 Å². The molecule has 0 amide bonds. The van der Waals surface area contributed by atoms with Crippen molar-refractivity contribution in [1.82, 2.24) is 0 Å². The van der Waals surface area contributed by atoms with Gasteiger partial charge in [-0.25, -0.2) is 4.79 Å². The van der Waals surface area contributed by atoms with Crippen LogP contribution in [0.3, 0.4) is 0 Å². The third-order valence-corrected chi connectivity index (χ3v) is 4.17. The molecule has 0 saturated carbocycles. The molecule has 19 heavy (non-hydrogen) atoms. The Kier molecular flexibility index (Phi) is 6.29. The van der Waals surface area contributed by atoms with E-state index in [1.54, 1.807) is 0 Å². The van der Waals surface area contributed by atoms with Crippen molar-refractivity contribution in [3.8, 4) is 0 Å². The fourth-order valence-corrected chi connectivity index (χ4v) is 2.92. The van der Waals surface area contributed by atoms with Crippen LogP contribution in [0.4, 0.5) is 0 Å². The first kappa shape index (κ1) is 16.0. The predicted octanol–water partition coefficient (Wildman–Crippen LogP) is 3.24. The first-order valence-electron chi connectivity index (χ1n) is 7.11. The van der Waals surface area contributed by atoms with Crippen molar-refractivity contribution in [3.63, 3.8) is 0 Å². The molecule has 1 aliphatic carbocycles. The molecule has 0 saturated heterocycles. The number of rotatable bonds is 7. The highest BCUT2D eigenvalue weighted by molar-refractivity contribution is 5.89. The molecule has 0 aromatic rings. The lowest BCUT2D eigenvalue weighted by Gasteiger charge is -2.37. The van der Waals surface area contributed by atoms with E-state index in [1.807, 2.05) is 6.08 Å². The highest BCUT2D eigenvalue weighted by Gasteiger charge is 2.34. The summed E-state index contributed by atoms with van der Waals surface area (Å²) < 4.78 is 4.89. The van der Waals surface area contributed by atoms with Gasteiger partial charge in [0.1, 0.15) is 0 Å². The van der Waals surface area contributed by atoms with E-state index in [-0.39, 0.29) is 23.9 Å². The van der Waals surface area contributed by atoms with Gasteiger partial charge in [0.2, 0.25) is 0 Å². The average molecular weight is 266 g/mol. The van der Waals surface area contributed by atoms with Crippen LogP contribution < -0.4 is 0 Å². The molecule has 0 spiro atoms. The second-order valence-electron chi connectivity index (χ2n) is 5.55. The average Bonchev–Trinajstić information content (AvgIpc) is 2.44. The number of carbonyl (C=O) groups is 1. The topological polar surface area (TPSA) is 46.5 Å². The van der Waals surface area contributed by atoms with Crippen LogP contribution in [-0.4, -0.2) is 24.8 Å². The Balaban J connectivity index is 2.97. The Hall–Kier alpha value is -1.09. The molecule has 0 aliphatic heterocycles. The first-order chi connectivity index (χ1) is 9.08. The summed E-state index contributed by atoms with van der Waals surface area (Å²) in [6, 6.07) is 0. The second kappa shape index (κ2) is 7.49. The van der Waals surface area contributed by atoms with Gasteiger partial charge in [0.05, 0.1) is 7.11 Å². The third-order valence-electron chi connectivity index (χ3n) is 4.17. The van der Waals surface area contributed by atoms with E-state index in [0.717, 1.165) is 44.1 Å². The largest absolute Gasteiger partial charge is 0.466 e. The Bertz CT molecular complexity index is 346. The summed E-state index contributed by atoms with van der Waals surface area (Å²) in [5.74, 6) is 0.0533. The lowest BCUT2D eigenvalue weighted by atomic mass is 9.68. The van der Waals surface area contributed by atoms with Crippen LogP contribution in [-0.2, 0) is 9.53 Å². The molecule has 1 aliphatic rings. The molecule has 0 unspecified atom stereocenters. The van der Waals surface area contributed by atoms with Crippen molar-refractivity contribution < 1.29 is 14.6 Å². The minimum Gasteiger partial charge on any atom is -0.466 e. The lowest BCUT2D eigenvalue weighted by molar-refractivity contribution is -0.137. The molecule has 0 aromatic carbocycles. The molecule has 3 nitrogen and oxygen atoms in total. The number of methoxy groups -OCH3 is 1. The van der Waals surface area contributed by atoms with Gasteiger partial charge in [-0.15, -0.1) is 6.58 Å². The monoisotopic (exact) mass is 266 g/mol. The Morgan fingerprint density at radius 3 is 2.95 bits per heavy atom. The standard InChI is InChI=1S/C16H26O3/c1-4-5-8-16(9-6-11-17)10-7-13(2)14(12-16)15(18)19-3/h4,12-13,17H,1,5-11H2,2-3H3/t13-,16-/m1/s1. The zero-order chi connectivity index (χ0) is 14.3. The number of esters is 1. The van der Waals surface area contributed by atoms with Crippen molar-refractivity contribution in [2.75, 3.05) is 13.7 Å². The molecule has 0 radical (unpaired) electrons. The van der Waals surface area contributed by atoms with Crippen molar-refractivity contribution >= 4 is 5.97 Å². The van der Waals surface area contributed by atoms with E-state index in [4.69, 9.17) is 9.84 Å². The van der Waals surface area contributed by atoms with Crippen LogP contribution in [0.25, 0.3) is 0 Å². The summed E-state index contributed by atoms with van der Waals surface area (Å²) in [6.07, 6.45) is 9.73. The van der Waals surface area contributed by atoms with E-state index in [9.17, 15) is 4.79 Å². The van der Waals surface area contributed by atoms with Crippen molar-refractivity contribution in [1.29, 1.82) is 0 Å². The zero-order valence-electron chi connectivity index (χ0n) is 12.2. The molecule has 0 aromatic heterocycles. The molecule has 3 heteroatoms. The normalized spacial score (nSPS) is 26.7. The minimum atomic E-state index is -0.209. The zero-order valence-corrected chi connectivity index (χ0v) is 12.2. The van der Waals surface area contributed by atoms with Gasteiger partial charge in [-0.1, -0.05) is 19.1 Å². The molecular weight excluding hydrogens is 240 g/mol. The van der Waals surface area contributed by atoms with Crippen molar-refractivity contribution in [2.45, 2.75) is 45.4 Å². The SMILES string of the molecule is C=CCC[C@]1(CCCO)C=C(C(=O)OC)[C@H](C)CC1. The van der Waals surface area contributed by atoms with Gasteiger partial charge in [-0.3, -0.25) is 0 Å². The summed E-state index contributed by atoms with van der Waals surface area (Å²) in [6.45, 7) is 6.06. The van der Waals surface area contributed by atoms with Gasteiger partial charge in [0.15, 0.2) is 0 Å². The quantitative estimate of drug-likeness (QED) is 0.568. The fraction of sp³-hybridized carbons (Fsp3) is 0.688. The smallest absolute Gasteiger partial charge is 0.333 e. The van der Waals surface area contributed by atoms with E-state index in [0.29, 0.717) is 0 Å². The van der Waals surface area contributed by atoms with Crippen LogP contribution in [0.2, 0.25) is 0 Å². The van der Waals surface area contributed by atoms with Gasteiger partial charge in [-0.05, 0) is 49.9 Å². The maximum Gasteiger partial charge on any atom is 0.333 e. The van der Waals surface area contributed by atoms with Crippen LogP contribution in [0.5, 0.6) is 0 Å². The van der Waals surface area contributed by atoms with Gasteiger partial charge < -0.3 is 9.84 Å². The summed E-state index contributed by atoms with van der Waals surface area (Å²) >= 11 is 0. The van der Waals surface area contributed by atoms with Crippen molar-refractivity contribution in [2.24, 2.45) is 11.3 Å². The van der Waals surface area contributed by atoms with E-state index >= 15 is 0 Å².